The second-order valence-electron chi connectivity index (χ2n) is 2.15. The molecule has 0 aliphatic heterocycles. The summed E-state index contributed by atoms with van der Waals surface area (Å²) in [5, 5.41) is 4.26. The molecule has 0 radical (unpaired) electrons. The zero-order valence-corrected chi connectivity index (χ0v) is 6.82. The van der Waals surface area contributed by atoms with Crippen LogP contribution in [0.25, 0.3) is 6.08 Å². The minimum absolute atomic E-state index is 0.620. The van der Waals surface area contributed by atoms with Crippen LogP contribution in [0.3, 0.4) is 0 Å². The Balaban J connectivity index is 2.74. The second kappa shape index (κ2) is 3.54. The predicted octanol–water partition coefficient (Wildman–Crippen LogP) is 2.03. The van der Waals surface area contributed by atoms with E-state index in [1.807, 2.05) is 6.08 Å². The van der Waals surface area contributed by atoms with Crippen LogP contribution in [0.5, 0.6) is 0 Å². The van der Waals surface area contributed by atoms with Gasteiger partial charge in [0, 0.05) is 6.54 Å². The second-order valence-corrected chi connectivity index (χ2v) is 2.89. The van der Waals surface area contributed by atoms with Gasteiger partial charge >= 0.3 is 0 Å². The first-order valence-electron chi connectivity index (χ1n) is 3.24. The fraction of sp³-hybridized carbons (Fsp3) is 0.250. The van der Waals surface area contributed by atoms with Gasteiger partial charge in [-0.3, -0.25) is 0 Å². The number of nitrogens with two attached hydrogens (primary N) is 1. The van der Waals surface area contributed by atoms with Crippen molar-refractivity contribution in [3.8, 4) is 0 Å². The fourth-order valence-electron chi connectivity index (χ4n) is 0.736. The van der Waals surface area contributed by atoms with E-state index in [4.69, 9.17) is 5.73 Å². The lowest BCUT2D eigenvalue weighted by atomic mass is 10.2. The van der Waals surface area contributed by atoms with Crippen molar-refractivity contribution in [2.75, 3.05) is 6.54 Å². The van der Waals surface area contributed by atoms with E-state index in [0.717, 1.165) is 0 Å². The van der Waals surface area contributed by atoms with Gasteiger partial charge in [0.05, 0.1) is 0 Å². The highest BCUT2D eigenvalue weighted by molar-refractivity contribution is 7.08. The SMILES string of the molecule is Cc1cscc1/C=C/CN. The molecule has 0 atom stereocenters. The standard InChI is InChI=1S/C8H11NS/c1-7-5-10-6-8(7)3-2-4-9/h2-3,5-6H,4,9H2,1H3/b3-2+. The highest BCUT2D eigenvalue weighted by atomic mass is 32.1. The normalized spacial score (nSPS) is 11.0. The van der Waals surface area contributed by atoms with Crippen LogP contribution in [0, 0.1) is 6.92 Å². The maximum Gasteiger partial charge on any atom is 0.0110 e. The minimum atomic E-state index is 0.620. The topological polar surface area (TPSA) is 26.0 Å². The third kappa shape index (κ3) is 1.69. The molecule has 2 N–H and O–H groups in total. The smallest absolute Gasteiger partial charge is 0.0110 e. The molecular weight excluding hydrogens is 142 g/mol. The average Bonchev–Trinajstić information content (AvgIpc) is 2.31. The molecule has 1 nitrogen and oxygen atoms in total. The third-order valence-corrected chi connectivity index (χ3v) is 2.21. The van der Waals surface area contributed by atoms with E-state index in [9.17, 15) is 0 Å². The predicted molar refractivity (Wildman–Crippen MR) is 47.1 cm³/mol. The lowest BCUT2D eigenvalue weighted by Gasteiger charge is -1.86. The van der Waals surface area contributed by atoms with Gasteiger partial charge in [0.25, 0.3) is 0 Å². The summed E-state index contributed by atoms with van der Waals surface area (Å²) in [7, 11) is 0. The molecule has 0 saturated carbocycles. The summed E-state index contributed by atoms with van der Waals surface area (Å²) in [6.45, 7) is 2.72. The Morgan fingerprint density at radius 3 is 2.90 bits per heavy atom. The van der Waals surface area contributed by atoms with Crippen LogP contribution in [0.2, 0.25) is 0 Å². The van der Waals surface area contributed by atoms with E-state index in [1.165, 1.54) is 11.1 Å². The third-order valence-electron chi connectivity index (χ3n) is 1.33. The van der Waals surface area contributed by atoms with Crippen molar-refractivity contribution in [3.63, 3.8) is 0 Å². The number of thiophene rings is 1. The van der Waals surface area contributed by atoms with E-state index >= 15 is 0 Å². The summed E-state index contributed by atoms with van der Waals surface area (Å²) >= 11 is 1.72. The molecule has 0 aliphatic carbocycles. The van der Waals surface area contributed by atoms with Crippen LogP contribution in [0.4, 0.5) is 0 Å². The van der Waals surface area contributed by atoms with Gasteiger partial charge in [-0.1, -0.05) is 12.2 Å². The lowest BCUT2D eigenvalue weighted by Crippen LogP contribution is -1.91. The Kier molecular flexibility index (Phi) is 2.66. The number of aryl methyl sites for hydroxylation is 1. The molecule has 0 spiro atoms. The highest BCUT2D eigenvalue weighted by Crippen LogP contribution is 2.14. The Labute approximate surface area is 65.2 Å². The van der Waals surface area contributed by atoms with Gasteiger partial charge in [-0.05, 0) is 28.8 Å². The maximum absolute atomic E-state index is 5.31. The molecule has 0 unspecified atom stereocenters. The molecule has 0 saturated heterocycles. The molecule has 2 heteroatoms. The van der Waals surface area contributed by atoms with Gasteiger partial charge in [0.2, 0.25) is 0 Å². The van der Waals surface area contributed by atoms with Gasteiger partial charge in [-0.15, -0.1) is 0 Å². The van der Waals surface area contributed by atoms with E-state index in [2.05, 4.69) is 23.8 Å². The van der Waals surface area contributed by atoms with Crippen LogP contribution in [-0.2, 0) is 0 Å². The van der Waals surface area contributed by atoms with E-state index < -0.39 is 0 Å². The van der Waals surface area contributed by atoms with Gasteiger partial charge in [0.15, 0.2) is 0 Å². The Bertz CT molecular complexity index is 225. The largest absolute Gasteiger partial charge is 0.327 e. The lowest BCUT2D eigenvalue weighted by molar-refractivity contribution is 1.26. The molecule has 54 valence electrons. The molecule has 0 amide bonds. The molecule has 1 rings (SSSR count). The average molecular weight is 153 g/mol. The number of hydrogen-bond acceptors (Lipinski definition) is 2. The molecule has 10 heavy (non-hydrogen) atoms. The van der Waals surface area contributed by atoms with Gasteiger partial charge in [-0.25, -0.2) is 0 Å². The van der Waals surface area contributed by atoms with Crippen LogP contribution < -0.4 is 5.73 Å². The van der Waals surface area contributed by atoms with Crippen LogP contribution >= 0.6 is 11.3 Å². The highest BCUT2D eigenvalue weighted by Gasteiger charge is 1.91. The van der Waals surface area contributed by atoms with Crippen molar-refractivity contribution >= 4 is 17.4 Å². The molecule has 1 aromatic rings. The van der Waals surface area contributed by atoms with E-state index in [1.54, 1.807) is 11.3 Å². The van der Waals surface area contributed by atoms with Crippen molar-refractivity contribution in [1.29, 1.82) is 0 Å². The molecular formula is C8H11NS. The summed E-state index contributed by atoms with van der Waals surface area (Å²) in [5.74, 6) is 0. The monoisotopic (exact) mass is 153 g/mol. The fourth-order valence-corrected chi connectivity index (χ4v) is 1.56. The van der Waals surface area contributed by atoms with Crippen molar-refractivity contribution in [2.24, 2.45) is 5.73 Å². The molecule has 0 aliphatic rings. The Morgan fingerprint density at radius 1 is 1.60 bits per heavy atom. The van der Waals surface area contributed by atoms with Gasteiger partial charge < -0.3 is 5.73 Å². The van der Waals surface area contributed by atoms with Crippen LogP contribution in [0.1, 0.15) is 11.1 Å². The van der Waals surface area contributed by atoms with Crippen molar-refractivity contribution in [2.45, 2.75) is 6.92 Å². The van der Waals surface area contributed by atoms with E-state index in [0.29, 0.717) is 6.54 Å². The molecule has 0 fully saturated rings. The summed E-state index contributed by atoms with van der Waals surface area (Å²) in [5.41, 5.74) is 7.93. The van der Waals surface area contributed by atoms with Crippen molar-refractivity contribution in [3.05, 3.63) is 28.0 Å². The number of hydrogen-bond donors (Lipinski definition) is 1. The molecule has 1 aromatic heterocycles. The maximum atomic E-state index is 5.31. The van der Waals surface area contributed by atoms with Crippen LogP contribution in [-0.4, -0.2) is 6.54 Å². The summed E-state index contributed by atoms with van der Waals surface area (Å²) in [6, 6.07) is 0. The quantitative estimate of drug-likeness (QED) is 0.691. The molecule has 0 bridgehead atoms. The minimum Gasteiger partial charge on any atom is -0.327 e. The van der Waals surface area contributed by atoms with Gasteiger partial charge in [-0.2, -0.15) is 11.3 Å². The van der Waals surface area contributed by atoms with Crippen LogP contribution in [0.15, 0.2) is 16.8 Å². The zero-order valence-electron chi connectivity index (χ0n) is 6.00. The summed E-state index contributed by atoms with van der Waals surface area (Å²) in [6.07, 6.45) is 4.03. The first-order chi connectivity index (χ1) is 4.84. The Morgan fingerprint density at radius 2 is 2.40 bits per heavy atom. The first kappa shape index (κ1) is 7.51. The summed E-state index contributed by atoms with van der Waals surface area (Å²) < 4.78 is 0. The van der Waals surface area contributed by atoms with E-state index in [-0.39, 0.29) is 0 Å². The molecule has 1 heterocycles. The first-order valence-corrected chi connectivity index (χ1v) is 4.18. The van der Waals surface area contributed by atoms with Crippen molar-refractivity contribution < 1.29 is 0 Å². The Hall–Kier alpha value is -0.600. The summed E-state index contributed by atoms with van der Waals surface area (Å²) in [4.78, 5) is 0. The number of rotatable bonds is 2. The van der Waals surface area contributed by atoms with Crippen molar-refractivity contribution in [1.82, 2.24) is 0 Å². The van der Waals surface area contributed by atoms with Gasteiger partial charge in [0.1, 0.15) is 0 Å². The zero-order chi connectivity index (χ0) is 7.40. The molecule has 0 aromatic carbocycles.